The molecule has 5 atom stereocenters. The van der Waals surface area contributed by atoms with Crippen LogP contribution in [0.5, 0.6) is 11.5 Å². The van der Waals surface area contributed by atoms with E-state index in [9.17, 15) is 15.0 Å². The Labute approximate surface area is 179 Å². The van der Waals surface area contributed by atoms with Crippen LogP contribution >= 0.6 is 0 Å². The summed E-state index contributed by atoms with van der Waals surface area (Å²) in [5.74, 6) is 1.33. The van der Waals surface area contributed by atoms with Gasteiger partial charge in [-0.2, -0.15) is 0 Å². The van der Waals surface area contributed by atoms with Gasteiger partial charge in [0.05, 0.1) is 25.2 Å². The Morgan fingerprint density at radius 3 is 2.90 bits per heavy atom. The van der Waals surface area contributed by atoms with E-state index in [-0.39, 0.29) is 23.8 Å². The number of hydrogen-bond acceptors (Lipinski definition) is 5. The Morgan fingerprint density at radius 2 is 2.17 bits per heavy atom. The van der Waals surface area contributed by atoms with Crippen molar-refractivity contribution in [2.75, 3.05) is 20.7 Å². The Kier molecular flexibility index (Phi) is 7.78. The highest BCUT2D eigenvalue weighted by Gasteiger charge is 2.49. The zero-order valence-corrected chi connectivity index (χ0v) is 18.3. The fourth-order valence-electron chi connectivity index (χ4n) is 4.42. The van der Waals surface area contributed by atoms with Crippen molar-refractivity contribution in [3.63, 3.8) is 0 Å². The molecule has 30 heavy (non-hydrogen) atoms. The zero-order chi connectivity index (χ0) is 21.7. The van der Waals surface area contributed by atoms with E-state index in [1.165, 1.54) is 0 Å². The van der Waals surface area contributed by atoms with Gasteiger partial charge in [0, 0.05) is 37.9 Å². The number of rotatable bonds is 10. The number of aliphatic hydroxyl groups is 2. The number of ether oxygens (including phenoxy) is 2. The maximum Gasteiger partial charge on any atom is 0.225 e. The van der Waals surface area contributed by atoms with E-state index in [1.54, 1.807) is 19.0 Å². The number of aliphatic hydroxyl groups excluding tert-OH is 2. The molecule has 1 aliphatic heterocycles. The molecule has 1 saturated carbocycles. The van der Waals surface area contributed by atoms with Crippen molar-refractivity contribution in [1.29, 1.82) is 0 Å². The summed E-state index contributed by atoms with van der Waals surface area (Å²) in [6.45, 7) is 2.44. The molecule has 0 spiro atoms. The largest absolute Gasteiger partial charge is 0.489 e. The normalized spacial score (nSPS) is 25.6. The minimum Gasteiger partial charge on any atom is -0.489 e. The number of amides is 1. The van der Waals surface area contributed by atoms with Gasteiger partial charge in [-0.15, -0.1) is 0 Å². The van der Waals surface area contributed by atoms with Crippen LogP contribution < -0.4 is 9.47 Å². The topological polar surface area (TPSA) is 79.2 Å². The molecule has 2 aliphatic rings. The molecule has 3 rings (SSSR count). The highest BCUT2D eigenvalue weighted by atomic mass is 16.5. The molecule has 1 fully saturated rings. The molecular formula is C24H35NO5. The molecular weight excluding hydrogens is 382 g/mol. The van der Waals surface area contributed by atoms with Gasteiger partial charge in [0.2, 0.25) is 5.91 Å². The van der Waals surface area contributed by atoms with Crippen molar-refractivity contribution in [2.24, 2.45) is 5.92 Å². The van der Waals surface area contributed by atoms with Gasteiger partial charge in [-0.1, -0.05) is 50.5 Å². The SMILES string of the molecule is CCCCC[C@H](O)/C=C/[C@@H]1[C@H]2c3cccc(OCCC(=O)N(C)C)c3O[C@H]2C[C@H]1O. The third kappa shape index (κ3) is 5.16. The van der Waals surface area contributed by atoms with E-state index in [0.29, 0.717) is 25.2 Å². The van der Waals surface area contributed by atoms with Crippen LogP contribution in [0.1, 0.15) is 56.9 Å². The maximum absolute atomic E-state index is 11.8. The number of fused-ring (bicyclic) bond motifs is 3. The molecule has 0 unspecified atom stereocenters. The summed E-state index contributed by atoms with van der Waals surface area (Å²) < 4.78 is 12.0. The van der Waals surface area contributed by atoms with E-state index in [1.807, 2.05) is 30.4 Å². The number of nitrogens with zero attached hydrogens (tertiary/aromatic N) is 1. The van der Waals surface area contributed by atoms with Crippen LogP contribution in [0.2, 0.25) is 0 Å². The third-order valence-electron chi connectivity index (χ3n) is 6.10. The fraction of sp³-hybridized carbons (Fsp3) is 0.625. The second-order valence-electron chi connectivity index (χ2n) is 8.57. The van der Waals surface area contributed by atoms with E-state index in [0.717, 1.165) is 37.0 Å². The quantitative estimate of drug-likeness (QED) is 0.451. The summed E-state index contributed by atoms with van der Waals surface area (Å²) in [7, 11) is 3.46. The van der Waals surface area contributed by atoms with Crippen molar-refractivity contribution in [2.45, 2.75) is 69.7 Å². The van der Waals surface area contributed by atoms with Gasteiger partial charge in [-0.3, -0.25) is 4.79 Å². The average molecular weight is 418 g/mol. The minimum absolute atomic E-state index is 0.0196. The summed E-state index contributed by atoms with van der Waals surface area (Å²) in [4.78, 5) is 13.3. The molecule has 2 N–H and O–H groups in total. The van der Waals surface area contributed by atoms with Gasteiger partial charge in [-0.25, -0.2) is 0 Å². The van der Waals surface area contributed by atoms with Gasteiger partial charge in [0.25, 0.3) is 0 Å². The van der Waals surface area contributed by atoms with Gasteiger partial charge in [0.1, 0.15) is 6.10 Å². The van der Waals surface area contributed by atoms with Crippen LogP contribution in [0.15, 0.2) is 30.4 Å². The number of unbranched alkanes of at least 4 members (excludes halogenated alkanes) is 2. The van der Waals surface area contributed by atoms with E-state index >= 15 is 0 Å². The standard InChI is InChI=1S/C24H35NO5/c1-4-5-6-8-16(26)11-12-17-19(27)15-21-23(17)18-9-7-10-20(24(18)30-21)29-14-13-22(28)25(2)3/h7,9-12,16-17,19,21,23,26-27H,4-6,8,13-15H2,1-3H3/b12-11+/t16-,17-,19+,21-,23-/m0/s1. The lowest BCUT2D eigenvalue weighted by atomic mass is 9.87. The highest BCUT2D eigenvalue weighted by molar-refractivity contribution is 5.75. The van der Waals surface area contributed by atoms with Crippen molar-refractivity contribution in [3.05, 3.63) is 35.9 Å². The molecule has 0 aromatic heterocycles. The Morgan fingerprint density at radius 1 is 1.37 bits per heavy atom. The molecule has 0 bridgehead atoms. The molecule has 6 nitrogen and oxygen atoms in total. The maximum atomic E-state index is 11.8. The summed E-state index contributed by atoms with van der Waals surface area (Å²) in [5.41, 5.74) is 1.03. The Hall–Kier alpha value is -2.05. The summed E-state index contributed by atoms with van der Waals surface area (Å²) >= 11 is 0. The first-order valence-electron chi connectivity index (χ1n) is 11.1. The number of carbonyl (C=O) groups is 1. The second kappa shape index (κ2) is 10.3. The van der Waals surface area contributed by atoms with Crippen molar-refractivity contribution < 1.29 is 24.5 Å². The molecule has 1 aliphatic carbocycles. The second-order valence-corrected chi connectivity index (χ2v) is 8.57. The van der Waals surface area contributed by atoms with Crippen LogP contribution in [0.4, 0.5) is 0 Å². The molecule has 6 heteroatoms. The van der Waals surface area contributed by atoms with Crippen LogP contribution in [0.3, 0.4) is 0 Å². The smallest absolute Gasteiger partial charge is 0.225 e. The summed E-state index contributed by atoms with van der Waals surface area (Å²) in [5, 5.41) is 20.8. The summed E-state index contributed by atoms with van der Waals surface area (Å²) in [6.07, 6.45) is 7.59. The van der Waals surface area contributed by atoms with Crippen molar-refractivity contribution in [1.82, 2.24) is 4.90 Å². The number of carbonyl (C=O) groups excluding carboxylic acids is 1. The molecule has 166 valence electrons. The lowest BCUT2D eigenvalue weighted by Crippen LogP contribution is -2.23. The van der Waals surface area contributed by atoms with Gasteiger partial charge >= 0.3 is 0 Å². The van der Waals surface area contributed by atoms with E-state index < -0.39 is 12.2 Å². The van der Waals surface area contributed by atoms with Crippen LogP contribution in [-0.2, 0) is 4.79 Å². The first kappa shape index (κ1) is 22.6. The number of benzene rings is 1. The molecule has 0 saturated heterocycles. The predicted octanol–water partition coefficient (Wildman–Crippen LogP) is 3.27. The lowest BCUT2D eigenvalue weighted by Gasteiger charge is -2.18. The zero-order valence-electron chi connectivity index (χ0n) is 18.3. The number of hydrogen-bond donors (Lipinski definition) is 2. The molecule has 1 aromatic rings. The average Bonchev–Trinajstić information content (AvgIpc) is 3.21. The highest BCUT2D eigenvalue weighted by Crippen LogP contribution is 2.53. The number of para-hydroxylation sites is 1. The third-order valence-corrected chi connectivity index (χ3v) is 6.10. The predicted molar refractivity (Wildman–Crippen MR) is 116 cm³/mol. The molecule has 1 aromatic carbocycles. The van der Waals surface area contributed by atoms with Gasteiger partial charge in [0.15, 0.2) is 11.5 Å². The van der Waals surface area contributed by atoms with Crippen LogP contribution in [0.25, 0.3) is 0 Å². The van der Waals surface area contributed by atoms with Gasteiger partial charge < -0.3 is 24.6 Å². The van der Waals surface area contributed by atoms with Crippen LogP contribution in [-0.4, -0.2) is 60.0 Å². The molecule has 0 radical (unpaired) electrons. The first-order valence-corrected chi connectivity index (χ1v) is 11.1. The first-order chi connectivity index (χ1) is 14.4. The fourth-order valence-corrected chi connectivity index (χ4v) is 4.42. The van der Waals surface area contributed by atoms with Crippen LogP contribution in [0, 0.1) is 5.92 Å². The molecule has 1 heterocycles. The Balaban J connectivity index is 1.67. The van der Waals surface area contributed by atoms with E-state index in [2.05, 4.69) is 6.92 Å². The molecule has 1 amide bonds. The summed E-state index contributed by atoms with van der Waals surface area (Å²) in [6, 6.07) is 5.81. The van der Waals surface area contributed by atoms with Crippen molar-refractivity contribution in [3.8, 4) is 11.5 Å². The lowest BCUT2D eigenvalue weighted by molar-refractivity contribution is -0.129. The minimum atomic E-state index is -0.491. The van der Waals surface area contributed by atoms with Gasteiger partial charge in [-0.05, 0) is 12.5 Å². The van der Waals surface area contributed by atoms with E-state index in [4.69, 9.17) is 9.47 Å². The van der Waals surface area contributed by atoms with Crippen molar-refractivity contribution >= 4 is 5.91 Å². The monoisotopic (exact) mass is 417 g/mol. The Bertz CT molecular complexity index is 747.